The van der Waals surface area contributed by atoms with Crippen molar-refractivity contribution in [1.29, 1.82) is 0 Å². The first kappa shape index (κ1) is 49.1. The minimum atomic E-state index is -0.347. The fourth-order valence-electron chi connectivity index (χ4n) is 14.3. The predicted molar refractivity (Wildman–Crippen MR) is 337 cm³/mol. The van der Waals surface area contributed by atoms with Crippen LogP contribution in [0.1, 0.15) is 68.2 Å². The molecular formula is C78H64N2. The summed E-state index contributed by atoms with van der Waals surface area (Å²) in [5, 5.41) is 0. The van der Waals surface area contributed by atoms with Crippen LogP contribution in [0.5, 0.6) is 0 Å². The van der Waals surface area contributed by atoms with Gasteiger partial charge in [0.2, 0.25) is 0 Å². The maximum Gasteiger partial charge on any atom is 0.0539 e. The van der Waals surface area contributed by atoms with E-state index in [4.69, 9.17) is 6.58 Å². The van der Waals surface area contributed by atoms with Gasteiger partial charge in [-0.2, -0.15) is 0 Å². The van der Waals surface area contributed by atoms with Gasteiger partial charge in [0.25, 0.3) is 0 Å². The molecule has 3 atom stereocenters. The molecule has 0 radical (unpaired) electrons. The smallest absolute Gasteiger partial charge is 0.0539 e. The highest BCUT2D eigenvalue weighted by Gasteiger charge is 2.59. The summed E-state index contributed by atoms with van der Waals surface area (Å²) in [4.78, 5) is 4.82. The van der Waals surface area contributed by atoms with Crippen molar-refractivity contribution in [3.63, 3.8) is 0 Å². The van der Waals surface area contributed by atoms with E-state index in [0.717, 1.165) is 64.5 Å². The average molecular weight is 1030 g/mol. The Hall–Kier alpha value is -9.24. The molecular weight excluding hydrogens is 965 g/mol. The molecule has 0 aromatic heterocycles. The lowest BCUT2D eigenvalue weighted by Crippen LogP contribution is -2.33. The molecule has 80 heavy (non-hydrogen) atoms. The summed E-state index contributed by atoms with van der Waals surface area (Å²) in [6.07, 6.45) is 29.4. The number of hydrogen-bond donors (Lipinski definition) is 0. The van der Waals surface area contributed by atoms with Gasteiger partial charge in [0, 0.05) is 51.3 Å². The van der Waals surface area contributed by atoms with Gasteiger partial charge in [-0.05, 0) is 170 Å². The number of allylic oxidation sites excluding steroid dienone is 17. The fraction of sp³-hybridized carbons (Fsp3) is 0.128. The number of benzene rings is 8. The van der Waals surface area contributed by atoms with E-state index in [0.29, 0.717) is 5.92 Å². The Morgan fingerprint density at radius 3 is 1.64 bits per heavy atom. The van der Waals surface area contributed by atoms with Crippen LogP contribution >= 0.6 is 0 Å². The number of nitrogens with zero attached hydrogens (tertiary/aromatic N) is 2. The van der Waals surface area contributed by atoms with E-state index in [-0.39, 0.29) is 16.7 Å². The molecule has 6 aliphatic rings. The van der Waals surface area contributed by atoms with Gasteiger partial charge in [-0.3, -0.25) is 0 Å². The topological polar surface area (TPSA) is 6.48 Å². The maximum atomic E-state index is 5.08. The Bertz CT molecular complexity index is 3950. The van der Waals surface area contributed by atoms with Crippen molar-refractivity contribution in [2.24, 2.45) is 11.3 Å². The lowest BCUT2D eigenvalue weighted by atomic mass is 9.65. The van der Waals surface area contributed by atoms with Crippen molar-refractivity contribution < 1.29 is 0 Å². The number of hydrogen-bond acceptors (Lipinski definition) is 2. The summed E-state index contributed by atoms with van der Waals surface area (Å²) in [7, 11) is 0. The summed E-state index contributed by atoms with van der Waals surface area (Å²) in [5.74, 6) is 0.533. The lowest BCUT2D eigenvalue weighted by molar-refractivity contribution is 0.465. The van der Waals surface area contributed by atoms with Crippen molar-refractivity contribution in [2.45, 2.75) is 51.4 Å². The molecule has 0 saturated heterocycles. The third-order valence-corrected chi connectivity index (χ3v) is 17.9. The highest BCUT2D eigenvalue weighted by atomic mass is 15.2. The quantitative estimate of drug-likeness (QED) is 0.135. The van der Waals surface area contributed by atoms with Crippen LogP contribution in [0.3, 0.4) is 0 Å². The first-order valence-corrected chi connectivity index (χ1v) is 28.6. The van der Waals surface area contributed by atoms with Gasteiger partial charge in [0.05, 0.1) is 11.1 Å². The van der Waals surface area contributed by atoms with Crippen LogP contribution in [0.25, 0.3) is 39.0 Å². The van der Waals surface area contributed by atoms with E-state index in [1.54, 1.807) is 0 Å². The second-order valence-electron chi connectivity index (χ2n) is 22.6. The zero-order chi connectivity index (χ0) is 54.0. The van der Waals surface area contributed by atoms with Crippen LogP contribution < -0.4 is 9.80 Å². The molecule has 8 aromatic carbocycles. The van der Waals surface area contributed by atoms with Crippen LogP contribution in [0.15, 0.2) is 319 Å². The molecule has 8 aromatic rings. The van der Waals surface area contributed by atoms with Crippen LogP contribution in [0.4, 0.5) is 22.7 Å². The third kappa shape index (κ3) is 7.91. The van der Waals surface area contributed by atoms with Gasteiger partial charge in [0.15, 0.2) is 0 Å². The van der Waals surface area contributed by atoms with E-state index in [2.05, 4.69) is 304 Å². The number of fused-ring (bicyclic) bond motifs is 11. The Morgan fingerprint density at radius 2 is 1.04 bits per heavy atom. The Morgan fingerprint density at radius 1 is 0.525 bits per heavy atom. The molecule has 0 aliphatic heterocycles. The highest BCUT2D eigenvalue weighted by molar-refractivity contribution is 5.98. The molecule has 0 bridgehead atoms. The van der Waals surface area contributed by atoms with Crippen molar-refractivity contribution >= 4 is 28.3 Å². The molecule has 0 amide bonds. The Balaban J connectivity index is 0.874. The molecule has 386 valence electrons. The van der Waals surface area contributed by atoms with Crippen molar-refractivity contribution in [3.05, 3.63) is 341 Å². The van der Waals surface area contributed by atoms with Crippen LogP contribution in [0, 0.1) is 11.3 Å². The van der Waals surface area contributed by atoms with Crippen molar-refractivity contribution in [1.82, 2.24) is 0 Å². The standard InChI is InChI=1S/C78H64N2/c1-5-64-65-26-12-16-30-69(65)77(3,4)74(64)52-53(2)79(75-35-21-20-34-73-76(75)68-29-15-19-33-72(68)78(73)70-31-17-13-27-66(70)67-28-14-18-32-71(67)78)60-44-36-58(37-45-60)59-42-50-63(51-43-59)80(61-46-38-56(39-47-61)54-22-8-6-9-23-54)62-48-40-57(41-49-62)55-24-10-7-11-25-55/h5-11,13-15,17-19,21-52,66,70H,2,12,16,20H2,1,3-4H3. The first-order chi connectivity index (χ1) is 39.3. The zero-order valence-electron chi connectivity index (χ0n) is 45.9. The van der Waals surface area contributed by atoms with E-state index >= 15 is 0 Å². The number of rotatable bonds is 10. The maximum absolute atomic E-state index is 5.08. The van der Waals surface area contributed by atoms with E-state index < -0.39 is 0 Å². The van der Waals surface area contributed by atoms with Gasteiger partial charge >= 0.3 is 0 Å². The fourth-order valence-corrected chi connectivity index (χ4v) is 14.3. The van der Waals surface area contributed by atoms with Crippen LogP contribution in [0.2, 0.25) is 0 Å². The summed E-state index contributed by atoms with van der Waals surface area (Å²) in [6.45, 7) is 12.1. The summed E-state index contributed by atoms with van der Waals surface area (Å²) >= 11 is 0. The van der Waals surface area contributed by atoms with E-state index in [1.165, 1.54) is 77.9 Å². The van der Waals surface area contributed by atoms with Gasteiger partial charge in [-0.15, -0.1) is 0 Å². The predicted octanol–water partition coefficient (Wildman–Crippen LogP) is 20.5. The largest absolute Gasteiger partial charge is 0.311 e. The molecule has 1 saturated carbocycles. The molecule has 2 heteroatoms. The summed E-state index contributed by atoms with van der Waals surface area (Å²) < 4.78 is 0. The molecule has 0 heterocycles. The molecule has 3 unspecified atom stereocenters. The Kier molecular flexibility index (Phi) is 12.2. The summed E-state index contributed by atoms with van der Waals surface area (Å²) in [6, 6.07) is 75.9. The first-order valence-electron chi connectivity index (χ1n) is 28.6. The molecule has 1 fully saturated rings. The summed E-state index contributed by atoms with van der Waals surface area (Å²) in [5.41, 5.74) is 26.7. The second-order valence-corrected chi connectivity index (χ2v) is 22.6. The average Bonchev–Trinajstić information content (AvgIpc) is 2.45. The molecule has 6 aliphatic carbocycles. The van der Waals surface area contributed by atoms with Gasteiger partial charge in [-0.25, -0.2) is 0 Å². The lowest BCUT2D eigenvalue weighted by Gasteiger charge is -2.37. The third-order valence-electron chi connectivity index (χ3n) is 17.9. The minimum Gasteiger partial charge on any atom is -0.311 e. The van der Waals surface area contributed by atoms with Gasteiger partial charge in [0.1, 0.15) is 0 Å². The van der Waals surface area contributed by atoms with Crippen molar-refractivity contribution in [3.8, 4) is 33.4 Å². The zero-order valence-corrected chi connectivity index (χ0v) is 45.9. The Labute approximate surface area is 472 Å². The van der Waals surface area contributed by atoms with E-state index in [9.17, 15) is 0 Å². The van der Waals surface area contributed by atoms with Crippen LogP contribution in [-0.4, -0.2) is 0 Å². The van der Waals surface area contributed by atoms with Gasteiger partial charge < -0.3 is 9.80 Å². The highest BCUT2D eigenvalue weighted by Crippen LogP contribution is 2.67. The second kappa shape index (κ2) is 19.9. The van der Waals surface area contributed by atoms with E-state index in [1.807, 2.05) is 0 Å². The molecule has 14 rings (SSSR count). The molecule has 2 nitrogen and oxygen atoms in total. The normalized spacial score (nSPS) is 20.8. The van der Waals surface area contributed by atoms with Crippen LogP contribution in [-0.2, 0) is 5.41 Å². The molecule has 1 spiro atoms. The minimum absolute atomic E-state index is 0.179. The van der Waals surface area contributed by atoms with Gasteiger partial charge in [-0.1, -0.05) is 233 Å². The number of anilines is 4. The SMILES string of the molecule is C=C(C=C1C(=CC)C2=CCCC=C2C1(C)C)N(C1=C2C(=CCC=C1)C1(c3ccccc32)c2ccccc2C2C=CC=CC21)c1ccc(-c2ccc(N(c3ccc(-c4ccccc4)cc3)c3ccc(-c4ccccc4)cc3)cc2)cc1. The monoisotopic (exact) mass is 1030 g/mol. The van der Waals surface area contributed by atoms with Crippen molar-refractivity contribution in [2.75, 3.05) is 9.80 Å². The molecule has 0 N–H and O–H groups in total.